The fourth-order valence-electron chi connectivity index (χ4n) is 2.69. The van der Waals surface area contributed by atoms with Gasteiger partial charge < -0.3 is 10.1 Å². The second-order valence-corrected chi connectivity index (χ2v) is 8.28. The van der Waals surface area contributed by atoms with Crippen LogP contribution in [0.3, 0.4) is 0 Å². The van der Waals surface area contributed by atoms with Crippen molar-refractivity contribution in [2.45, 2.75) is 25.4 Å². The van der Waals surface area contributed by atoms with Gasteiger partial charge in [0.1, 0.15) is 5.75 Å². The minimum atomic E-state index is -2.82. The topological polar surface area (TPSA) is 55.4 Å². The van der Waals surface area contributed by atoms with Gasteiger partial charge in [0, 0.05) is 29.0 Å². The number of ether oxygens (including phenoxy) is 1. The highest BCUT2D eigenvalue weighted by Crippen LogP contribution is 2.33. The van der Waals surface area contributed by atoms with Crippen LogP contribution in [0.4, 0.5) is 0 Å². The van der Waals surface area contributed by atoms with Crippen molar-refractivity contribution in [2.24, 2.45) is 0 Å². The lowest BCUT2D eigenvalue weighted by atomic mass is 10.1. The van der Waals surface area contributed by atoms with E-state index in [-0.39, 0.29) is 11.8 Å². The van der Waals surface area contributed by atoms with Crippen molar-refractivity contribution in [3.8, 4) is 5.75 Å². The van der Waals surface area contributed by atoms with Crippen LogP contribution in [0.5, 0.6) is 5.75 Å². The summed E-state index contributed by atoms with van der Waals surface area (Å²) in [5.74, 6) is 1.53. The highest BCUT2D eigenvalue weighted by Gasteiger charge is 2.27. The molecule has 6 heteroatoms. The summed E-state index contributed by atoms with van der Waals surface area (Å²) in [4.78, 5) is 0. The molecule has 1 aromatic rings. The van der Waals surface area contributed by atoms with Crippen molar-refractivity contribution in [1.29, 1.82) is 0 Å². The molecule has 0 spiro atoms. The van der Waals surface area contributed by atoms with Crippen LogP contribution in [0.2, 0.25) is 0 Å². The quantitative estimate of drug-likeness (QED) is 0.905. The molecule has 0 saturated carbocycles. The lowest BCUT2D eigenvalue weighted by molar-refractivity contribution is 0.351. The summed E-state index contributed by atoms with van der Waals surface area (Å²) in [6, 6.07) is 4.20. The van der Waals surface area contributed by atoms with Gasteiger partial charge in [-0.15, -0.1) is 0 Å². The monoisotopic (exact) mass is 345 g/mol. The molecule has 1 atom stereocenters. The Hall–Kier alpha value is -0.590. The fraction of sp³-hybridized carbons (Fsp3) is 0.538. The van der Waals surface area contributed by atoms with Crippen LogP contribution in [0.1, 0.15) is 17.5 Å². The Bertz CT molecular complexity index is 600. The van der Waals surface area contributed by atoms with Gasteiger partial charge in [-0.05, 0) is 24.1 Å². The van der Waals surface area contributed by atoms with Crippen LogP contribution < -0.4 is 10.1 Å². The predicted molar refractivity (Wildman–Crippen MR) is 77.2 cm³/mol. The van der Waals surface area contributed by atoms with Crippen LogP contribution in [0.15, 0.2) is 16.6 Å². The SMILES string of the molecule is O=S1(=O)CC[C@H](NCc2cc(Br)cc3c2OCC3)C1. The van der Waals surface area contributed by atoms with Crippen molar-refractivity contribution < 1.29 is 13.2 Å². The molecule has 4 nitrogen and oxygen atoms in total. The summed E-state index contributed by atoms with van der Waals surface area (Å²) in [7, 11) is -2.82. The number of nitrogens with one attached hydrogen (secondary N) is 1. The van der Waals surface area contributed by atoms with Gasteiger partial charge in [-0.3, -0.25) is 0 Å². The minimum absolute atomic E-state index is 0.0704. The standard InChI is InChI=1S/C13H16BrNO3S/c14-11-5-9-1-3-18-13(9)10(6-11)7-15-12-2-4-19(16,17)8-12/h5-6,12,15H,1-4,7-8H2/t12-/m0/s1. The lowest BCUT2D eigenvalue weighted by Gasteiger charge is -2.13. The molecule has 1 aromatic carbocycles. The largest absolute Gasteiger partial charge is 0.493 e. The molecule has 2 heterocycles. The van der Waals surface area contributed by atoms with Crippen molar-refractivity contribution in [2.75, 3.05) is 18.1 Å². The van der Waals surface area contributed by atoms with Gasteiger partial charge >= 0.3 is 0 Å². The molecular weight excluding hydrogens is 330 g/mol. The van der Waals surface area contributed by atoms with E-state index in [2.05, 4.69) is 27.3 Å². The third kappa shape index (κ3) is 2.95. The molecule has 2 aliphatic heterocycles. The first-order valence-corrected chi connectivity index (χ1v) is 9.03. The summed E-state index contributed by atoms with van der Waals surface area (Å²) in [5, 5.41) is 3.33. The summed E-state index contributed by atoms with van der Waals surface area (Å²) >= 11 is 3.51. The van der Waals surface area contributed by atoms with E-state index in [0.717, 1.165) is 28.8 Å². The maximum absolute atomic E-state index is 11.4. The highest BCUT2D eigenvalue weighted by atomic mass is 79.9. The second kappa shape index (κ2) is 5.07. The summed E-state index contributed by atoms with van der Waals surface area (Å²) in [6.45, 7) is 1.39. The van der Waals surface area contributed by atoms with E-state index < -0.39 is 9.84 Å². The first-order chi connectivity index (χ1) is 9.03. The van der Waals surface area contributed by atoms with Gasteiger partial charge in [0.25, 0.3) is 0 Å². The molecule has 1 N–H and O–H groups in total. The van der Waals surface area contributed by atoms with Crippen molar-refractivity contribution >= 4 is 25.8 Å². The molecule has 1 saturated heterocycles. The smallest absolute Gasteiger partial charge is 0.151 e. The van der Waals surface area contributed by atoms with Crippen molar-refractivity contribution in [3.05, 3.63) is 27.7 Å². The highest BCUT2D eigenvalue weighted by molar-refractivity contribution is 9.10. The molecule has 3 rings (SSSR count). The fourth-order valence-corrected chi connectivity index (χ4v) is 4.95. The molecule has 0 amide bonds. The van der Waals surface area contributed by atoms with E-state index in [9.17, 15) is 8.42 Å². The molecule has 0 bridgehead atoms. The molecule has 0 radical (unpaired) electrons. The first-order valence-electron chi connectivity index (χ1n) is 6.41. The molecule has 1 fully saturated rings. The zero-order chi connectivity index (χ0) is 13.5. The maximum Gasteiger partial charge on any atom is 0.151 e. The Balaban J connectivity index is 1.71. The third-order valence-electron chi connectivity index (χ3n) is 3.64. The van der Waals surface area contributed by atoms with E-state index >= 15 is 0 Å². The normalized spacial score (nSPS) is 24.2. The average Bonchev–Trinajstić information content (AvgIpc) is 2.92. The minimum Gasteiger partial charge on any atom is -0.493 e. The molecule has 0 unspecified atom stereocenters. The summed E-state index contributed by atoms with van der Waals surface area (Å²) < 4.78 is 29.6. The van der Waals surface area contributed by atoms with Gasteiger partial charge in [-0.1, -0.05) is 15.9 Å². The van der Waals surface area contributed by atoms with Crippen molar-refractivity contribution in [3.63, 3.8) is 0 Å². The summed E-state index contributed by atoms with van der Waals surface area (Å²) in [6.07, 6.45) is 1.65. The molecule has 0 aliphatic carbocycles. The number of rotatable bonds is 3. The van der Waals surface area contributed by atoms with Crippen LogP contribution in [-0.4, -0.2) is 32.6 Å². The number of hydrogen-bond donors (Lipinski definition) is 1. The van der Waals surface area contributed by atoms with Crippen LogP contribution in [0.25, 0.3) is 0 Å². The van der Waals surface area contributed by atoms with E-state index in [4.69, 9.17) is 4.74 Å². The number of sulfone groups is 1. The Morgan fingerprint density at radius 3 is 3.00 bits per heavy atom. The van der Waals surface area contributed by atoms with E-state index in [1.807, 2.05) is 6.07 Å². The van der Waals surface area contributed by atoms with Gasteiger partial charge in [-0.2, -0.15) is 0 Å². The molecule has 19 heavy (non-hydrogen) atoms. The molecule has 0 aromatic heterocycles. The number of fused-ring (bicyclic) bond motifs is 1. The zero-order valence-corrected chi connectivity index (χ0v) is 12.9. The number of halogens is 1. The number of hydrogen-bond acceptors (Lipinski definition) is 4. The Morgan fingerprint density at radius 1 is 1.42 bits per heavy atom. The Labute approximate surface area is 121 Å². The van der Waals surface area contributed by atoms with Gasteiger partial charge in [0.05, 0.1) is 18.1 Å². The first kappa shape index (κ1) is 13.4. The third-order valence-corrected chi connectivity index (χ3v) is 5.86. The molecule has 104 valence electrons. The van der Waals surface area contributed by atoms with Gasteiger partial charge in [-0.25, -0.2) is 8.42 Å². The molecular formula is C13H16BrNO3S. The Morgan fingerprint density at radius 2 is 2.26 bits per heavy atom. The van der Waals surface area contributed by atoms with E-state index in [1.54, 1.807) is 0 Å². The van der Waals surface area contributed by atoms with Crippen LogP contribution in [-0.2, 0) is 22.8 Å². The van der Waals surface area contributed by atoms with E-state index in [0.29, 0.717) is 18.7 Å². The number of benzene rings is 1. The van der Waals surface area contributed by atoms with Crippen molar-refractivity contribution in [1.82, 2.24) is 5.32 Å². The lowest BCUT2D eigenvalue weighted by Crippen LogP contribution is -2.29. The van der Waals surface area contributed by atoms with Gasteiger partial charge in [0.15, 0.2) is 9.84 Å². The van der Waals surface area contributed by atoms with Crippen LogP contribution >= 0.6 is 15.9 Å². The van der Waals surface area contributed by atoms with E-state index in [1.165, 1.54) is 5.56 Å². The maximum atomic E-state index is 11.4. The predicted octanol–water partition coefficient (Wildman–Crippen LogP) is 1.66. The molecule has 2 aliphatic rings. The van der Waals surface area contributed by atoms with Crippen LogP contribution in [0, 0.1) is 0 Å². The zero-order valence-electron chi connectivity index (χ0n) is 10.5. The second-order valence-electron chi connectivity index (χ2n) is 5.13. The average molecular weight is 346 g/mol. The van der Waals surface area contributed by atoms with Gasteiger partial charge in [0.2, 0.25) is 0 Å². The Kier molecular flexibility index (Phi) is 3.57. The summed E-state index contributed by atoms with van der Waals surface area (Å²) in [5.41, 5.74) is 2.33.